The summed E-state index contributed by atoms with van der Waals surface area (Å²) in [7, 11) is 0. The Bertz CT molecular complexity index is 861. The molecule has 0 atom stereocenters. The van der Waals surface area contributed by atoms with Crippen LogP contribution in [0, 0.1) is 0 Å². The standard InChI is InChI=1S/C20H18N4S/c1-25-19-15-9-8-14-18(19)22-24-20(16-10-4-2-5-11-16)23-21-17-12-6-3-7-13-17/h2-15,21H,1H3. The molecule has 1 N–H and O–H groups in total. The van der Waals surface area contributed by atoms with E-state index in [1.165, 1.54) is 0 Å². The predicted molar refractivity (Wildman–Crippen MR) is 106 cm³/mol. The maximum Gasteiger partial charge on any atom is 0.201 e. The van der Waals surface area contributed by atoms with E-state index >= 15 is 0 Å². The van der Waals surface area contributed by atoms with Crippen molar-refractivity contribution >= 4 is 29.0 Å². The van der Waals surface area contributed by atoms with Crippen molar-refractivity contribution in [3.8, 4) is 0 Å². The minimum Gasteiger partial charge on any atom is -0.276 e. The van der Waals surface area contributed by atoms with Gasteiger partial charge in [0, 0.05) is 10.5 Å². The summed E-state index contributed by atoms with van der Waals surface area (Å²) in [6, 6.07) is 27.5. The van der Waals surface area contributed by atoms with Crippen LogP contribution in [-0.4, -0.2) is 12.1 Å². The van der Waals surface area contributed by atoms with Crippen LogP contribution in [0.5, 0.6) is 0 Å². The monoisotopic (exact) mass is 346 g/mol. The predicted octanol–water partition coefficient (Wildman–Crippen LogP) is 5.97. The van der Waals surface area contributed by atoms with Crippen molar-refractivity contribution in [2.45, 2.75) is 4.90 Å². The van der Waals surface area contributed by atoms with Crippen LogP contribution in [0.3, 0.4) is 0 Å². The van der Waals surface area contributed by atoms with E-state index in [2.05, 4.69) is 20.8 Å². The number of azo groups is 1. The number of thioether (sulfide) groups is 1. The minimum absolute atomic E-state index is 0.528. The number of hydrogen-bond donors (Lipinski definition) is 1. The molecule has 0 aliphatic carbocycles. The van der Waals surface area contributed by atoms with E-state index in [1.54, 1.807) is 11.8 Å². The Morgan fingerprint density at radius 1 is 0.800 bits per heavy atom. The number of benzene rings is 3. The first-order chi connectivity index (χ1) is 12.4. The molecular weight excluding hydrogens is 328 g/mol. The van der Waals surface area contributed by atoms with Gasteiger partial charge in [-0.25, -0.2) is 0 Å². The number of amidine groups is 1. The number of anilines is 1. The fraction of sp³-hybridized carbons (Fsp3) is 0.0500. The van der Waals surface area contributed by atoms with Crippen molar-refractivity contribution < 1.29 is 0 Å². The third kappa shape index (κ3) is 4.78. The molecule has 0 spiro atoms. The first-order valence-electron chi connectivity index (χ1n) is 7.86. The van der Waals surface area contributed by atoms with Gasteiger partial charge in [-0.05, 0) is 30.5 Å². The molecular formula is C20H18N4S. The lowest BCUT2D eigenvalue weighted by atomic mass is 10.2. The van der Waals surface area contributed by atoms with Gasteiger partial charge in [0.15, 0.2) is 0 Å². The molecule has 25 heavy (non-hydrogen) atoms. The van der Waals surface area contributed by atoms with Gasteiger partial charge in [0.2, 0.25) is 5.84 Å². The molecule has 0 aliphatic rings. The van der Waals surface area contributed by atoms with Crippen LogP contribution < -0.4 is 5.43 Å². The highest BCUT2D eigenvalue weighted by Gasteiger charge is 2.04. The summed E-state index contributed by atoms with van der Waals surface area (Å²) in [6.45, 7) is 0. The van der Waals surface area contributed by atoms with Gasteiger partial charge < -0.3 is 0 Å². The second-order valence-corrected chi connectivity index (χ2v) is 6.00. The highest BCUT2D eigenvalue weighted by atomic mass is 32.2. The zero-order valence-corrected chi connectivity index (χ0v) is 14.6. The van der Waals surface area contributed by atoms with Gasteiger partial charge >= 0.3 is 0 Å². The highest BCUT2D eigenvalue weighted by Crippen LogP contribution is 2.27. The first kappa shape index (κ1) is 16.9. The van der Waals surface area contributed by atoms with Crippen molar-refractivity contribution in [2.24, 2.45) is 15.3 Å². The number of hydrogen-bond acceptors (Lipinski definition) is 4. The first-order valence-corrected chi connectivity index (χ1v) is 9.08. The molecule has 4 nitrogen and oxygen atoms in total. The Balaban J connectivity index is 1.90. The third-order valence-corrected chi connectivity index (χ3v) is 4.22. The molecule has 124 valence electrons. The fourth-order valence-electron chi connectivity index (χ4n) is 2.18. The summed E-state index contributed by atoms with van der Waals surface area (Å²) in [5.41, 5.74) is 5.67. The molecule has 0 bridgehead atoms. The van der Waals surface area contributed by atoms with Crippen LogP contribution in [-0.2, 0) is 0 Å². The van der Waals surface area contributed by atoms with Crippen molar-refractivity contribution in [1.29, 1.82) is 0 Å². The SMILES string of the molecule is CSc1ccccc1N=NC(=NNc1ccccc1)c1ccccc1. The number of nitrogens with one attached hydrogen (secondary N) is 1. The summed E-state index contributed by atoms with van der Waals surface area (Å²) < 4.78 is 0. The normalized spacial score (nSPS) is 11.6. The summed E-state index contributed by atoms with van der Waals surface area (Å²) in [5, 5.41) is 13.2. The van der Waals surface area contributed by atoms with Gasteiger partial charge in [-0.1, -0.05) is 60.7 Å². The zero-order chi connectivity index (χ0) is 17.3. The molecule has 0 saturated heterocycles. The Labute approximate surface area is 151 Å². The fourth-order valence-corrected chi connectivity index (χ4v) is 2.71. The van der Waals surface area contributed by atoms with Crippen molar-refractivity contribution in [3.63, 3.8) is 0 Å². The van der Waals surface area contributed by atoms with E-state index in [0.717, 1.165) is 21.8 Å². The van der Waals surface area contributed by atoms with Crippen LogP contribution in [0.15, 0.2) is 105 Å². The molecule has 3 aromatic rings. The number of hydrazone groups is 1. The lowest BCUT2D eigenvalue weighted by Gasteiger charge is -2.04. The van der Waals surface area contributed by atoms with Crippen molar-refractivity contribution in [3.05, 3.63) is 90.5 Å². The lowest BCUT2D eigenvalue weighted by Crippen LogP contribution is -2.00. The van der Waals surface area contributed by atoms with Gasteiger partial charge in [-0.15, -0.1) is 22.0 Å². The van der Waals surface area contributed by atoms with Crippen LogP contribution in [0.25, 0.3) is 0 Å². The molecule has 0 fully saturated rings. The van der Waals surface area contributed by atoms with Crippen molar-refractivity contribution in [1.82, 2.24) is 0 Å². The maximum absolute atomic E-state index is 4.43. The zero-order valence-electron chi connectivity index (χ0n) is 13.8. The molecule has 0 unspecified atom stereocenters. The van der Waals surface area contributed by atoms with E-state index in [9.17, 15) is 0 Å². The van der Waals surface area contributed by atoms with Crippen molar-refractivity contribution in [2.75, 3.05) is 11.7 Å². The molecule has 0 aromatic heterocycles. The minimum atomic E-state index is 0.528. The van der Waals surface area contributed by atoms with Gasteiger partial charge in [-0.3, -0.25) is 5.43 Å². The average molecular weight is 346 g/mol. The highest BCUT2D eigenvalue weighted by molar-refractivity contribution is 7.98. The molecule has 0 radical (unpaired) electrons. The Morgan fingerprint density at radius 2 is 1.44 bits per heavy atom. The average Bonchev–Trinajstić information content (AvgIpc) is 2.70. The van der Waals surface area contributed by atoms with Gasteiger partial charge in [-0.2, -0.15) is 5.10 Å². The van der Waals surface area contributed by atoms with Crippen LogP contribution in [0.1, 0.15) is 5.56 Å². The summed E-state index contributed by atoms with van der Waals surface area (Å²) in [4.78, 5) is 1.08. The topological polar surface area (TPSA) is 49.1 Å². The Hall–Kier alpha value is -2.92. The Kier molecular flexibility index (Phi) is 5.96. The van der Waals surface area contributed by atoms with E-state index in [0.29, 0.717) is 5.84 Å². The number of para-hydroxylation sites is 1. The maximum atomic E-state index is 4.43. The van der Waals surface area contributed by atoms with Gasteiger partial charge in [0.25, 0.3) is 0 Å². The third-order valence-electron chi connectivity index (χ3n) is 3.43. The number of nitrogens with zero attached hydrogens (tertiary/aromatic N) is 3. The van der Waals surface area contributed by atoms with Crippen LogP contribution in [0.2, 0.25) is 0 Å². The van der Waals surface area contributed by atoms with Gasteiger partial charge in [0.05, 0.1) is 11.4 Å². The number of rotatable bonds is 5. The summed E-state index contributed by atoms with van der Waals surface area (Å²) >= 11 is 1.64. The molecule has 0 heterocycles. The molecule has 0 amide bonds. The second-order valence-electron chi connectivity index (χ2n) is 5.15. The summed E-state index contributed by atoms with van der Waals surface area (Å²) in [5.74, 6) is 0.528. The van der Waals surface area contributed by atoms with E-state index in [1.807, 2.05) is 91.2 Å². The van der Waals surface area contributed by atoms with E-state index < -0.39 is 0 Å². The lowest BCUT2D eigenvalue weighted by molar-refractivity contribution is 1.20. The Morgan fingerprint density at radius 3 is 2.16 bits per heavy atom. The summed E-state index contributed by atoms with van der Waals surface area (Å²) in [6.07, 6.45) is 2.03. The molecule has 0 saturated carbocycles. The smallest absolute Gasteiger partial charge is 0.201 e. The largest absolute Gasteiger partial charge is 0.276 e. The van der Waals surface area contributed by atoms with E-state index in [4.69, 9.17) is 0 Å². The van der Waals surface area contributed by atoms with E-state index in [-0.39, 0.29) is 0 Å². The molecule has 0 aliphatic heterocycles. The quantitative estimate of drug-likeness (QED) is 0.203. The molecule has 3 rings (SSSR count). The van der Waals surface area contributed by atoms with Crippen LogP contribution in [0.4, 0.5) is 11.4 Å². The second kappa shape index (κ2) is 8.80. The molecule has 5 heteroatoms. The van der Waals surface area contributed by atoms with Gasteiger partial charge in [0.1, 0.15) is 0 Å². The molecule has 3 aromatic carbocycles. The van der Waals surface area contributed by atoms with Crippen LogP contribution >= 0.6 is 11.8 Å².